The maximum Gasteiger partial charge on any atom is 0.276 e. The molecule has 5 rings (SSSR count). The molecule has 0 aromatic heterocycles. The number of para-hydroxylation sites is 1. The molecule has 0 radical (unpaired) electrons. The normalized spacial score (nSPS) is 21.1. The van der Waals surface area contributed by atoms with Gasteiger partial charge < -0.3 is 4.74 Å². The number of nitrogens with zero attached hydrogens (tertiary/aromatic N) is 3. The first-order chi connectivity index (χ1) is 14.2. The minimum absolute atomic E-state index is 0.155. The van der Waals surface area contributed by atoms with Crippen molar-refractivity contribution in [1.82, 2.24) is 10.3 Å². The van der Waals surface area contributed by atoms with E-state index in [0.717, 1.165) is 34.7 Å². The average molecular weight is 407 g/mol. The van der Waals surface area contributed by atoms with Crippen LogP contribution in [0.25, 0.3) is 5.70 Å². The number of amidine groups is 1. The number of carbonyl (C=O) groups is 1. The van der Waals surface area contributed by atoms with Crippen LogP contribution in [0.2, 0.25) is 0 Å². The highest BCUT2D eigenvalue weighted by molar-refractivity contribution is 8.13. The molecule has 2 aromatic rings. The Kier molecular flexibility index (Phi) is 4.75. The number of hydrogen-bond donors (Lipinski definition) is 1. The Morgan fingerprint density at radius 2 is 1.86 bits per heavy atom. The molecule has 2 aliphatic heterocycles. The third-order valence-corrected chi connectivity index (χ3v) is 6.06. The Morgan fingerprint density at radius 1 is 1.10 bits per heavy atom. The summed E-state index contributed by atoms with van der Waals surface area (Å²) in [5, 5.41) is 11.4. The lowest BCUT2D eigenvalue weighted by molar-refractivity contribution is -0.116. The number of nitrogens with one attached hydrogen (secondary N) is 1. The smallest absolute Gasteiger partial charge is 0.276 e. The zero-order valence-corrected chi connectivity index (χ0v) is 17.0. The first kappa shape index (κ1) is 18.2. The molecule has 6 nitrogen and oxygen atoms in total. The fraction of sp³-hybridized carbons (Fsp3) is 0.318. The van der Waals surface area contributed by atoms with Crippen molar-refractivity contribution in [2.24, 2.45) is 10.1 Å². The molecule has 0 bridgehead atoms. The van der Waals surface area contributed by atoms with Gasteiger partial charge in [0.25, 0.3) is 5.91 Å². The fourth-order valence-corrected chi connectivity index (χ4v) is 4.42. The highest BCUT2D eigenvalue weighted by Gasteiger charge is 2.34. The predicted molar refractivity (Wildman–Crippen MR) is 114 cm³/mol. The minimum atomic E-state index is -0.395. The first-order valence-corrected chi connectivity index (χ1v) is 11.1. The Balaban J connectivity index is 1.54. The van der Waals surface area contributed by atoms with Gasteiger partial charge in [-0.15, -0.1) is 5.10 Å². The molecular weight excluding hydrogens is 384 g/mol. The van der Waals surface area contributed by atoms with Crippen LogP contribution in [0.3, 0.4) is 0 Å². The van der Waals surface area contributed by atoms with Gasteiger partial charge in [0.05, 0.1) is 11.5 Å². The third-order valence-electron chi connectivity index (χ3n) is 5.49. The number of amides is 1. The van der Waals surface area contributed by atoms with Crippen LogP contribution >= 0.6 is 11.8 Å². The van der Waals surface area contributed by atoms with Gasteiger partial charge in [-0.1, -0.05) is 42.1 Å². The number of thioether (sulfide) groups is 1. The van der Waals surface area contributed by atoms with Crippen LogP contribution in [0.4, 0.5) is 0 Å². The summed E-state index contributed by atoms with van der Waals surface area (Å²) in [7, 11) is 0. The summed E-state index contributed by atoms with van der Waals surface area (Å²) >= 11 is 1.41. The molecule has 1 aliphatic carbocycles. The zero-order chi connectivity index (χ0) is 19.8. The monoisotopic (exact) mass is 406 g/mol. The standard InChI is InChI=1S/C22H22N4O2S/c1-29-22-24-21(27)19-17-8-4-5-9-18(17)23-20(26(19)25-22)14-10-12-16(13-11-14)28-15-6-2-3-7-15/h4-5,8-13,15,20H,2-3,6-7H2,1H3,(H,24,25,27)/t20-/m1/s1. The van der Waals surface area contributed by atoms with Crippen molar-refractivity contribution in [3.8, 4) is 5.75 Å². The van der Waals surface area contributed by atoms with Gasteiger partial charge in [0.15, 0.2) is 11.3 Å². The Labute approximate surface area is 173 Å². The van der Waals surface area contributed by atoms with Crippen LogP contribution in [0.15, 0.2) is 58.6 Å². The van der Waals surface area contributed by atoms with E-state index in [2.05, 4.69) is 10.4 Å². The van der Waals surface area contributed by atoms with Gasteiger partial charge in [-0.2, -0.15) is 0 Å². The highest BCUT2D eigenvalue weighted by atomic mass is 32.2. The summed E-state index contributed by atoms with van der Waals surface area (Å²) in [4.78, 5) is 17.7. The minimum Gasteiger partial charge on any atom is -0.490 e. The zero-order valence-electron chi connectivity index (χ0n) is 16.2. The number of hydrogen-bond acceptors (Lipinski definition) is 6. The predicted octanol–water partition coefficient (Wildman–Crippen LogP) is 2.51. The topological polar surface area (TPSA) is 66.3 Å². The van der Waals surface area contributed by atoms with Crippen LogP contribution in [-0.4, -0.2) is 28.4 Å². The third kappa shape index (κ3) is 3.40. The maximum atomic E-state index is 12.8. The largest absolute Gasteiger partial charge is 0.490 e. The number of carbonyl (C=O) groups excluding carboxylic acids is 1. The van der Waals surface area contributed by atoms with Crippen molar-refractivity contribution in [2.45, 2.75) is 38.0 Å². The summed E-state index contributed by atoms with van der Waals surface area (Å²) in [6, 6.07) is 15.7. The van der Waals surface area contributed by atoms with Gasteiger partial charge in [0.2, 0.25) is 0 Å². The van der Waals surface area contributed by atoms with Gasteiger partial charge in [-0.25, -0.2) is 5.01 Å². The van der Waals surface area contributed by atoms with E-state index in [1.807, 2.05) is 54.8 Å². The second-order valence-electron chi connectivity index (χ2n) is 7.37. The number of benzene rings is 2. The van der Waals surface area contributed by atoms with Gasteiger partial charge in [0.1, 0.15) is 11.4 Å². The van der Waals surface area contributed by atoms with E-state index in [0.29, 0.717) is 17.0 Å². The lowest BCUT2D eigenvalue weighted by Gasteiger charge is -2.33. The quantitative estimate of drug-likeness (QED) is 0.851. The van der Waals surface area contributed by atoms with Crippen LogP contribution in [0.5, 0.6) is 5.75 Å². The molecule has 0 saturated heterocycles. The van der Waals surface area contributed by atoms with E-state index in [1.54, 1.807) is 5.01 Å². The first-order valence-electron chi connectivity index (χ1n) is 9.90. The second kappa shape index (κ2) is 7.55. The summed E-state index contributed by atoms with van der Waals surface area (Å²) in [5.74, 6) is 0.726. The fourth-order valence-electron chi connectivity index (χ4n) is 4.05. The van der Waals surface area contributed by atoms with E-state index in [-0.39, 0.29) is 5.91 Å². The van der Waals surface area contributed by atoms with E-state index in [9.17, 15) is 4.79 Å². The molecule has 7 heteroatoms. The molecule has 29 heavy (non-hydrogen) atoms. The molecular formula is C22H22N4O2S. The molecule has 1 N–H and O–H groups in total. The van der Waals surface area contributed by atoms with E-state index in [1.165, 1.54) is 24.6 Å². The molecule has 1 fully saturated rings. The van der Waals surface area contributed by atoms with Crippen LogP contribution in [-0.2, 0) is 4.79 Å². The summed E-state index contributed by atoms with van der Waals surface area (Å²) in [6.45, 7) is 0. The Hall–Kier alpha value is -2.80. The number of fused-ring (bicyclic) bond motifs is 2. The highest BCUT2D eigenvalue weighted by Crippen LogP contribution is 2.32. The van der Waals surface area contributed by atoms with Crippen LogP contribution < -0.4 is 20.6 Å². The van der Waals surface area contributed by atoms with Crippen LogP contribution in [0.1, 0.15) is 37.4 Å². The Bertz CT molecular complexity index is 1090. The van der Waals surface area contributed by atoms with Crippen molar-refractivity contribution in [3.63, 3.8) is 0 Å². The summed E-state index contributed by atoms with van der Waals surface area (Å²) < 4.78 is 6.09. The van der Waals surface area contributed by atoms with Crippen molar-refractivity contribution < 1.29 is 9.53 Å². The van der Waals surface area contributed by atoms with E-state index < -0.39 is 6.17 Å². The molecule has 3 aliphatic rings. The molecule has 1 atom stereocenters. The lowest BCUT2D eigenvalue weighted by atomic mass is 10.1. The number of ether oxygens (including phenoxy) is 1. The molecule has 0 unspecified atom stereocenters. The van der Waals surface area contributed by atoms with Gasteiger partial charge in [-0.3, -0.25) is 15.1 Å². The average Bonchev–Trinajstić information content (AvgIpc) is 3.26. The molecule has 148 valence electrons. The van der Waals surface area contributed by atoms with Crippen molar-refractivity contribution in [2.75, 3.05) is 6.26 Å². The van der Waals surface area contributed by atoms with Crippen LogP contribution in [0, 0.1) is 0 Å². The SMILES string of the molecule is CSC1=NN2C(=c3ccccc3=N[C@H]2c2ccc(OC3CCCC3)cc2)C(=O)N1. The van der Waals surface area contributed by atoms with Gasteiger partial charge >= 0.3 is 0 Å². The number of hydrazone groups is 1. The van der Waals surface area contributed by atoms with Crippen molar-refractivity contribution >= 4 is 28.5 Å². The van der Waals surface area contributed by atoms with E-state index in [4.69, 9.17) is 9.73 Å². The number of rotatable bonds is 3. The summed E-state index contributed by atoms with van der Waals surface area (Å²) in [5.41, 5.74) is 1.50. The molecule has 2 heterocycles. The maximum absolute atomic E-state index is 12.8. The van der Waals surface area contributed by atoms with E-state index >= 15 is 0 Å². The lowest BCUT2D eigenvalue weighted by Crippen LogP contribution is -2.50. The Morgan fingerprint density at radius 3 is 2.62 bits per heavy atom. The van der Waals surface area contributed by atoms with Gasteiger partial charge in [0, 0.05) is 5.22 Å². The molecule has 2 aromatic carbocycles. The molecule has 0 spiro atoms. The second-order valence-corrected chi connectivity index (χ2v) is 8.16. The van der Waals surface area contributed by atoms with Crippen molar-refractivity contribution in [1.29, 1.82) is 0 Å². The van der Waals surface area contributed by atoms with Gasteiger partial charge in [-0.05, 0) is 55.7 Å². The summed E-state index contributed by atoms with van der Waals surface area (Å²) in [6.07, 6.45) is 6.57. The van der Waals surface area contributed by atoms with Crippen molar-refractivity contribution in [3.05, 3.63) is 64.7 Å². The molecule has 1 saturated carbocycles. The molecule has 1 amide bonds.